The molecule has 0 amide bonds. The third-order valence-corrected chi connectivity index (χ3v) is 4.57. The van der Waals surface area contributed by atoms with Crippen LogP contribution in [0.25, 0.3) is 11.0 Å². The predicted molar refractivity (Wildman–Crippen MR) is 83.9 cm³/mol. The van der Waals surface area contributed by atoms with Gasteiger partial charge < -0.3 is 19.8 Å². The first-order valence-electron chi connectivity index (χ1n) is 7.53. The monoisotopic (exact) mass is 289 g/mol. The number of fused-ring (bicyclic) bond motifs is 1. The van der Waals surface area contributed by atoms with Gasteiger partial charge in [0.15, 0.2) is 11.5 Å². The Balaban J connectivity index is 2.07. The topological polar surface area (TPSA) is 62.3 Å². The summed E-state index contributed by atoms with van der Waals surface area (Å²) in [6.45, 7) is 2.32. The first-order valence-corrected chi connectivity index (χ1v) is 7.53. The Morgan fingerprint density at radius 3 is 2.33 bits per heavy atom. The van der Waals surface area contributed by atoms with Crippen molar-refractivity contribution in [2.75, 3.05) is 20.0 Å². The van der Waals surface area contributed by atoms with Crippen molar-refractivity contribution in [3.05, 3.63) is 12.1 Å². The summed E-state index contributed by atoms with van der Waals surface area (Å²) in [4.78, 5) is 4.50. The second-order valence-electron chi connectivity index (χ2n) is 5.95. The molecule has 114 valence electrons. The van der Waals surface area contributed by atoms with Crippen molar-refractivity contribution in [2.24, 2.45) is 5.92 Å². The smallest absolute Gasteiger partial charge is 0.201 e. The molecule has 5 heteroatoms. The summed E-state index contributed by atoms with van der Waals surface area (Å²) < 4.78 is 12.9. The number of anilines is 1. The van der Waals surface area contributed by atoms with Crippen molar-refractivity contribution in [3.63, 3.8) is 0 Å². The first kappa shape index (κ1) is 14.0. The van der Waals surface area contributed by atoms with Crippen LogP contribution in [-0.2, 0) is 0 Å². The van der Waals surface area contributed by atoms with Gasteiger partial charge in [0.25, 0.3) is 0 Å². The van der Waals surface area contributed by atoms with Gasteiger partial charge in [-0.3, -0.25) is 0 Å². The second-order valence-corrected chi connectivity index (χ2v) is 5.95. The average Bonchev–Trinajstić information content (AvgIpc) is 2.81. The number of rotatable bonds is 3. The molecule has 0 atom stereocenters. The van der Waals surface area contributed by atoms with E-state index in [-0.39, 0.29) is 0 Å². The Labute approximate surface area is 125 Å². The Kier molecular flexibility index (Phi) is 3.66. The molecule has 21 heavy (non-hydrogen) atoms. The molecule has 1 aromatic carbocycles. The van der Waals surface area contributed by atoms with Crippen LogP contribution in [0.1, 0.15) is 38.6 Å². The average molecular weight is 289 g/mol. The molecule has 1 aromatic heterocycles. The van der Waals surface area contributed by atoms with Gasteiger partial charge in [-0.15, -0.1) is 0 Å². The molecule has 2 N–H and O–H groups in total. The van der Waals surface area contributed by atoms with Crippen LogP contribution in [-0.4, -0.2) is 23.8 Å². The summed E-state index contributed by atoms with van der Waals surface area (Å²) in [6.07, 6.45) is 4.81. The molecule has 0 aliphatic heterocycles. The molecule has 0 spiro atoms. The lowest BCUT2D eigenvalue weighted by atomic mass is 9.87. The molecule has 0 unspecified atom stereocenters. The van der Waals surface area contributed by atoms with Crippen LogP contribution in [0.15, 0.2) is 12.1 Å². The Morgan fingerprint density at radius 1 is 1.10 bits per heavy atom. The van der Waals surface area contributed by atoms with E-state index >= 15 is 0 Å². The minimum Gasteiger partial charge on any atom is -0.493 e. The highest BCUT2D eigenvalue weighted by atomic mass is 16.5. The molecule has 1 saturated carbocycles. The van der Waals surface area contributed by atoms with Gasteiger partial charge in [0.2, 0.25) is 5.95 Å². The number of aromatic nitrogens is 2. The van der Waals surface area contributed by atoms with E-state index in [1.165, 1.54) is 12.8 Å². The van der Waals surface area contributed by atoms with E-state index < -0.39 is 0 Å². The van der Waals surface area contributed by atoms with Crippen molar-refractivity contribution >= 4 is 17.0 Å². The highest BCUT2D eigenvalue weighted by Gasteiger charge is 2.24. The van der Waals surface area contributed by atoms with Gasteiger partial charge in [0, 0.05) is 18.2 Å². The fraction of sp³-hybridized carbons (Fsp3) is 0.562. The van der Waals surface area contributed by atoms with E-state index in [2.05, 4.69) is 16.5 Å². The van der Waals surface area contributed by atoms with Gasteiger partial charge in [0.1, 0.15) is 0 Å². The second kappa shape index (κ2) is 5.47. The third-order valence-electron chi connectivity index (χ3n) is 4.57. The van der Waals surface area contributed by atoms with Crippen LogP contribution in [0, 0.1) is 5.92 Å². The fourth-order valence-electron chi connectivity index (χ4n) is 3.33. The third kappa shape index (κ3) is 2.41. The largest absolute Gasteiger partial charge is 0.493 e. The number of methoxy groups -OCH3 is 2. The minimum absolute atomic E-state index is 0.435. The summed E-state index contributed by atoms with van der Waals surface area (Å²) in [6, 6.07) is 4.31. The lowest BCUT2D eigenvalue weighted by Gasteiger charge is -2.28. The molecular weight excluding hydrogens is 266 g/mol. The Morgan fingerprint density at radius 2 is 1.71 bits per heavy atom. The van der Waals surface area contributed by atoms with Gasteiger partial charge in [-0.1, -0.05) is 6.92 Å². The van der Waals surface area contributed by atoms with Gasteiger partial charge in [-0.05, 0) is 31.6 Å². The van der Waals surface area contributed by atoms with E-state index in [9.17, 15) is 0 Å². The quantitative estimate of drug-likeness (QED) is 0.940. The van der Waals surface area contributed by atoms with Crippen molar-refractivity contribution in [3.8, 4) is 11.5 Å². The van der Waals surface area contributed by atoms with Crippen LogP contribution in [0.3, 0.4) is 0 Å². The number of nitrogens with two attached hydrogens (primary N) is 1. The van der Waals surface area contributed by atoms with E-state index in [1.54, 1.807) is 14.2 Å². The van der Waals surface area contributed by atoms with E-state index in [0.717, 1.165) is 35.5 Å². The fourth-order valence-corrected chi connectivity index (χ4v) is 3.33. The molecule has 0 bridgehead atoms. The summed E-state index contributed by atoms with van der Waals surface area (Å²) in [5.74, 6) is 2.80. The number of nitrogen functional groups attached to an aromatic ring is 1. The SMILES string of the molecule is COc1cc2nc(N)n(C3CCC(C)CC3)c2cc1OC. The number of hydrogen-bond donors (Lipinski definition) is 1. The highest BCUT2D eigenvalue weighted by molar-refractivity contribution is 5.82. The normalized spacial score (nSPS) is 22.4. The van der Waals surface area contributed by atoms with Crippen molar-refractivity contribution < 1.29 is 9.47 Å². The van der Waals surface area contributed by atoms with E-state index in [1.807, 2.05) is 12.1 Å². The molecule has 1 aliphatic carbocycles. The maximum atomic E-state index is 6.17. The van der Waals surface area contributed by atoms with Crippen molar-refractivity contribution in [1.82, 2.24) is 9.55 Å². The number of imidazole rings is 1. The summed E-state index contributed by atoms with van der Waals surface area (Å²) in [5, 5.41) is 0. The van der Waals surface area contributed by atoms with Crippen LogP contribution >= 0.6 is 0 Å². The molecular formula is C16H23N3O2. The van der Waals surface area contributed by atoms with Gasteiger partial charge in [0.05, 0.1) is 25.3 Å². The van der Waals surface area contributed by atoms with E-state index in [4.69, 9.17) is 15.2 Å². The maximum absolute atomic E-state index is 6.17. The highest BCUT2D eigenvalue weighted by Crippen LogP contribution is 2.38. The standard InChI is InChI=1S/C16H23N3O2/c1-10-4-6-11(7-5-10)19-13-9-15(21-3)14(20-2)8-12(13)18-16(19)17/h8-11H,4-7H2,1-3H3,(H2,17,18). The number of benzene rings is 1. The molecule has 3 rings (SSSR count). The minimum atomic E-state index is 0.435. The molecule has 5 nitrogen and oxygen atoms in total. The Bertz CT molecular complexity index is 642. The lowest BCUT2D eigenvalue weighted by Crippen LogP contribution is -2.18. The summed E-state index contributed by atoms with van der Waals surface area (Å²) in [7, 11) is 3.28. The molecule has 1 fully saturated rings. The van der Waals surface area contributed by atoms with Gasteiger partial charge in [-0.2, -0.15) is 0 Å². The van der Waals surface area contributed by atoms with Crippen LogP contribution in [0.5, 0.6) is 11.5 Å². The number of ether oxygens (including phenoxy) is 2. The summed E-state index contributed by atoms with van der Waals surface area (Å²) in [5.41, 5.74) is 8.07. The molecule has 1 aliphatic rings. The van der Waals surface area contributed by atoms with Crippen molar-refractivity contribution in [1.29, 1.82) is 0 Å². The van der Waals surface area contributed by atoms with Crippen LogP contribution in [0.2, 0.25) is 0 Å². The zero-order valence-corrected chi connectivity index (χ0v) is 12.9. The zero-order chi connectivity index (χ0) is 15.0. The van der Waals surface area contributed by atoms with Gasteiger partial charge in [-0.25, -0.2) is 4.98 Å². The van der Waals surface area contributed by atoms with Gasteiger partial charge >= 0.3 is 0 Å². The van der Waals surface area contributed by atoms with Crippen LogP contribution < -0.4 is 15.2 Å². The van der Waals surface area contributed by atoms with Crippen LogP contribution in [0.4, 0.5) is 5.95 Å². The number of hydrogen-bond acceptors (Lipinski definition) is 4. The number of nitrogens with zero attached hydrogens (tertiary/aromatic N) is 2. The Hall–Kier alpha value is -1.91. The predicted octanol–water partition coefficient (Wildman–Crippen LogP) is 3.39. The summed E-state index contributed by atoms with van der Waals surface area (Å²) >= 11 is 0. The lowest BCUT2D eigenvalue weighted by molar-refractivity contribution is 0.295. The maximum Gasteiger partial charge on any atom is 0.201 e. The molecule has 0 saturated heterocycles. The van der Waals surface area contributed by atoms with Crippen molar-refractivity contribution in [2.45, 2.75) is 38.6 Å². The molecule has 0 radical (unpaired) electrons. The van der Waals surface area contributed by atoms with E-state index in [0.29, 0.717) is 17.7 Å². The molecule has 1 heterocycles. The molecule has 2 aromatic rings. The zero-order valence-electron chi connectivity index (χ0n) is 12.9. The first-order chi connectivity index (χ1) is 10.1.